The number of hydrogen-bond donors (Lipinski definition) is 1. The molecule has 0 aromatic carbocycles. The lowest BCUT2D eigenvalue weighted by Crippen LogP contribution is -2.05. The smallest absolute Gasteiger partial charge is 0.0680 e. The Morgan fingerprint density at radius 1 is 1.20 bits per heavy atom. The van der Waals surface area contributed by atoms with E-state index in [0.717, 1.165) is 19.8 Å². The van der Waals surface area contributed by atoms with Crippen molar-refractivity contribution in [3.63, 3.8) is 0 Å². The third-order valence-electron chi connectivity index (χ3n) is 2.27. The van der Waals surface area contributed by atoms with Crippen LogP contribution in [0.4, 0.5) is 0 Å². The average Bonchev–Trinajstić information content (AvgIpc) is 2.59. The van der Waals surface area contributed by atoms with E-state index in [1.165, 1.54) is 19.4 Å². The minimum atomic E-state index is 0.900. The summed E-state index contributed by atoms with van der Waals surface area (Å²) in [4.78, 5) is 0. The Kier molecular flexibility index (Phi) is 1.74. The van der Waals surface area contributed by atoms with Crippen LogP contribution < -0.4 is 5.32 Å². The lowest BCUT2D eigenvalue weighted by Gasteiger charge is -1.98. The maximum Gasteiger partial charge on any atom is 0.0680 e. The van der Waals surface area contributed by atoms with Gasteiger partial charge >= 0.3 is 0 Å². The van der Waals surface area contributed by atoms with Crippen molar-refractivity contribution in [1.82, 2.24) is 5.32 Å². The third-order valence-corrected chi connectivity index (χ3v) is 2.27. The Morgan fingerprint density at radius 3 is 2.80 bits per heavy atom. The highest BCUT2D eigenvalue weighted by molar-refractivity contribution is 5.20. The molecule has 0 amide bonds. The molecule has 0 aliphatic carbocycles. The highest BCUT2D eigenvalue weighted by Gasteiger charge is 2.15. The zero-order valence-electron chi connectivity index (χ0n) is 6.15. The normalized spacial score (nSPS) is 33.6. The number of ether oxygens (including phenoxy) is 1. The van der Waals surface area contributed by atoms with E-state index in [2.05, 4.69) is 5.32 Å². The first-order valence-electron chi connectivity index (χ1n) is 3.95. The summed E-state index contributed by atoms with van der Waals surface area (Å²) in [7, 11) is 0. The molecule has 1 N–H and O–H groups in total. The second kappa shape index (κ2) is 2.72. The number of nitrogens with one attached hydrogen (secondary N) is 1. The zero-order valence-corrected chi connectivity index (χ0v) is 6.15. The lowest BCUT2D eigenvalue weighted by atomic mass is 10.1. The maximum atomic E-state index is 5.28. The summed E-state index contributed by atoms with van der Waals surface area (Å²) in [6, 6.07) is 0. The second-order valence-electron chi connectivity index (χ2n) is 2.94. The molecule has 0 aromatic rings. The van der Waals surface area contributed by atoms with Crippen LogP contribution in [0.1, 0.15) is 12.8 Å². The molecule has 2 aliphatic rings. The van der Waals surface area contributed by atoms with Crippen LogP contribution in [0.25, 0.3) is 0 Å². The Morgan fingerprint density at radius 2 is 2.20 bits per heavy atom. The van der Waals surface area contributed by atoms with E-state index in [9.17, 15) is 0 Å². The predicted molar refractivity (Wildman–Crippen MR) is 39.9 cm³/mol. The van der Waals surface area contributed by atoms with Gasteiger partial charge in [-0.2, -0.15) is 0 Å². The van der Waals surface area contributed by atoms with Crippen molar-refractivity contribution in [3.8, 4) is 0 Å². The molecule has 2 aliphatic heterocycles. The molecular formula is C8H13NO. The molecule has 0 spiro atoms. The standard InChI is InChI=1S/C8H13NO/c1-3-9-5-7(1)8-2-4-10-6-8/h9H,1-6H2. The van der Waals surface area contributed by atoms with Crippen molar-refractivity contribution in [2.75, 3.05) is 26.3 Å². The first kappa shape index (κ1) is 6.38. The summed E-state index contributed by atoms with van der Waals surface area (Å²) < 4.78 is 5.28. The van der Waals surface area contributed by atoms with E-state index in [-0.39, 0.29) is 0 Å². The van der Waals surface area contributed by atoms with Crippen LogP contribution in [0.5, 0.6) is 0 Å². The van der Waals surface area contributed by atoms with Crippen LogP contribution in [0.2, 0.25) is 0 Å². The van der Waals surface area contributed by atoms with E-state index in [4.69, 9.17) is 4.74 Å². The highest BCUT2D eigenvalue weighted by Crippen LogP contribution is 2.19. The lowest BCUT2D eigenvalue weighted by molar-refractivity contribution is 0.204. The predicted octanol–water partition coefficient (Wildman–Crippen LogP) is 0.697. The van der Waals surface area contributed by atoms with Gasteiger partial charge in [0.15, 0.2) is 0 Å². The molecule has 0 unspecified atom stereocenters. The van der Waals surface area contributed by atoms with Crippen molar-refractivity contribution < 1.29 is 4.74 Å². The van der Waals surface area contributed by atoms with Gasteiger partial charge in [0.2, 0.25) is 0 Å². The van der Waals surface area contributed by atoms with Crippen molar-refractivity contribution in [3.05, 3.63) is 11.1 Å². The SMILES string of the molecule is C1CC(=C2CCOC2)CN1. The Bertz CT molecular complexity index is 129. The van der Waals surface area contributed by atoms with Gasteiger partial charge in [-0.1, -0.05) is 5.57 Å². The van der Waals surface area contributed by atoms with Crippen LogP contribution in [0, 0.1) is 0 Å². The highest BCUT2D eigenvalue weighted by atomic mass is 16.5. The van der Waals surface area contributed by atoms with Gasteiger partial charge in [-0.05, 0) is 25.0 Å². The molecule has 0 atom stereocenters. The molecule has 0 radical (unpaired) electrons. The molecule has 2 fully saturated rings. The molecule has 0 bridgehead atoms. The van der Waals surface area contributed by atoms with Gasteiger partial charge in [-0.15, -0.1) is 0 Å². The van der Waals surface area contributed by atoms with E-state index in [1.54, 1.807) is 11.1 Å². The van der Waals surface area contributed by atoms with Crippen molar-refractivity contribution in [2.24, 2.45) is 0 Å². The zero-order chi connectivity index (χ0) is 6.81. The monoisotopic (exact) mass is 139 g/mol. The summed E-state index contributed by atoms with van der Waals surface area (Å²) in [5.74, 6) is 0. The van der Waals surface area contributed by atoms with Crippen LogP contribution in [0.3, 0.4) is 0 Å². The molecule has 2 heterocycles. The van der Waals surface area contributed by atoms with Crippen LogP contribution >= 0.6 is 0 Å². The quantitative estimate of drug-likeness (QED) is 0.499. The molecule has 2 saturated heterocycles. The van der Waals surface area contributed by atoms with Crippen LogP contribution in [0.15, 0.2) is 11.1 Å². The Balaban J connectivity index is 2.10. The van der Waals surface area contributed by atoms with E-state index < -0.39 is 0 Å². The number of rotatable bonds is 0. The number of hydrogen-bond acceptors (Lipinski definition) is 2. The summed E-state index contributed by atoms with van der Waals surface area (Å²) >= 11 is 0. The van der Waals surface area contributed by atoms with Crippen molar-refractivity contribution >= 4 is 0 Å². The van der Waals surface area contributed by atoms with Gasteiger partial charge in [-0.3, -0.25) is 0 Å². The van der Waals surface area contributed by atoms with E-state index in [0.29, 0.717) is 0 Å². The molecule has 10 heavy (non-hydrogen) atoms. The molecular weight excluding hydrogens is 126 g/mol. The maximum absolute atomic E-state index is 5.28. The van der Waals surface area contributed by atoms with E-state index >= 15 is 0 Å². The summed E-state index contributed by atoms with van der Waals surface area (Å²) in [6.45, 7) is 4.12. The summed E-state index contributed by atoms with van der Waals surface area (Å²) in [5, 5.41) is 3.34. The van der Waals surface area contributed by atoms with E-state index in [1.807, 2.05) is 0 Å². The fourth-order valence-corrected chi connectivity index (χ4v) is 1.61. The van der Waals surface area contributed by atoms with Crippen LogP contribution in [-0.4, -0.2) is 26.3 Å². The van der Waals surface area contributed by atoms with Gasteiger partial charge in [0, 0.05) is 6.54 Å². The summed E-state index contributed by atoms with van der Waals surface area (Å²) in [6.07, 6.45) is 2.43. The van der Waals surface area contributed by atoms with Crippen molar-refractivity contribution in [1.29, 1.82) is 0 Å². The fourth-order valence-electron chi connectivity index (χ4n) is 1.61. The molecule has 2 rings (SSSR count). The second-order valence-corrected chi connectivity index (χ2v) is 2.94. The first-order valence-corrected chi connectivity index (χ1v) is 3.95. The summed E-state index contributed by atoms with van der Waals surface area (Å²) in [5.41, 5.74) is 3.17. The van der Waals surface area contributed by atoms with Gasteiger partial charge in [-0.25, -0.2) is 0 Å². The van der Waals surface area contributed by atoms with Crippen LogP contribution in [-0.2, 0) is 4.74 Å². The molecule has 2 nitrogen and oxygen atoms in total. The first-order chi connectivity index (χ1) is 4.97. The topological polar surface area (TPSA) is 21.3 Å². The average molecular weight is 139 g/mol. The Hall–Kier alpha value is -0.340. The third kappa shape index (κ3) is 1.09. The minimum Gasteiger partial charge on any atom is -0.377 e. The Labute approximate surface area is 61.3 Å². The molecule has 0 aromatic heterocycles. The largest absolute Gasteiger partial charge is 0.377 e. The van der Waals surface area contributed by atoms with Gasteiger partial charge in [0.05, 0.1) is 13.2 Å². The van der Waals surface area contributed by atoms with Gasteiger partial charge in [0.1, 0.15) is 0 Å². The van der Waals surface area contributed by atoms with Gasteiger partial charge < -0.3 is 10.1 Å². The fraction of sp³-hybridized carbons (Fsp3) is 0.750. The molecule has 2 heteroatoms. The minimum absolute atomic E-state index is 0.900. The van der Waals surface area contributed by atoms with Gasteiger partial charge in [0.25, 0.3) is 0 Å². The molecule has 56 valence electrons. The molecule has 0 saturated carbocycles. The van der Waals surface area contributed by atoms with Crippen molar-refractivity contribution in [2.45, 2.75) is 12.8 Å².